The number of rotatable bonds is 12. The third-order valence-electron chi connectivity index (χ3n) is 21.2. The van der Waals surface area contributed by atoms with E-state index >= 15 is 0 Å². The Morgan fingerprint density at radius 3 is 0.824 bits per heavy atom. The lowest BCUT2D eigenvalue weighted by Crippen LogP contribution is -2.28. The minimum absolute atomic E-state index is 0.596. The van der Waals surface area contributed by atoms with Crippen molar-refractivity contribution in [1.29, 1.82) is 0 Å². The van der Waals surface area contributed by atoms with Crippen molar-refractivity contribution < 1.29 is 8.83 Å². The second-order valence-corrected chi connectivity index (χ2v) is 26.7. The Kier molecular flexibility index (Phi) is 13.6. The first kappa shape index (κ1) is 58.7. The normalized spacial score (nSPS) is 13.1. The molecule has 0 bridgehead atoms. The second kappa shape index (κ2) is 23.7. The molecule has 18 aromatic rings. The molecule has 476 valence electrons. The molecule has 3 heterocycles. The molecule has 0 atom stereocenters. The number of oxazole rings is 2. The number of aromatic nitrogens is 4. The van der Waals surface area contributed by atoms with E-state index in [4.69, 9.17) is 28.8 Å². The van der Waals surface area contributed by atoms with E-state index in [-0.39, 0.29) is 0 Å². The van der Waals surface area contributed by atoms with Gasteiger partial charge in [0, 0.05) is 22.3 Å². The molecule has 2 aliphatic carbocycles. The summed E-state index contributed by atoms with van der Waals surface area (Å²) in [6.45, 7) is 0. The van der Waals surface area contributed by atoms with Crippen LogP contribution in [0, 0.1) is 0 Å². The molecule has 2 aliphatic rings. The molecule has 6 nitrogen and oxygen atoms in total. The summed E-state index contributed by atoms with van der Waals surface area (Å²) in [6, 6.07) is 131. The van der Waals surface area contributed by atoms with Crippen molar-refractivity contribution in [2.24, 2.45) is 0 Å². The molecule has 20 rings (SSSR count). The largest absolute Gasteiger partial charge is 0.436 e. The van der Waals surface area contributed by atoms with E-state index in [2.05, 4.69) is 315 Å². The smallest absolute Gasteiger partial charge is 0.227 e. The number of benzene rings is 15. The number of fused-ring (bicyclic) bond motifs is 9. The lowest BCUT2D eigenvalue weighted by Gasteiger charge is -2.34. The highest BCUT2D eigenvalue weighted by Gasteiger charge is 2.48. The van der Waals surface area contributed by atoms with Crippen LogP contribution in [0.2, 0.25) is 0 Å². The Morgan fingerprint density at radius 2 is 0.471 bits per heavy atom. The topological polar surface area (TPSA) is 77.8 Å². The highest BCUT2D eigenvalue weighted by atomic mass is 16.4. The molecule has 0 amide bonds. The highest BCUT2D eigenvalue weighted by Crippen LogP contribution is 2.59. The quantitative estimate of drug-likeness (QED) is 0.121. The predicted molar refractivity (Wildman–Crippen MR) is 413 cm³/mol. The zero-order valence-electron chi connectivity index (χ0n) is 55.2. The lowest BCUT2D eigenvalue weighted by molar-refractivity contribution is 0.619. The molecular formula is C96H60N4O2. The Labute approximate surface area is 589 Å². The van der Waals surface area contributed by atoms with Crippen LogP contribution in [0.25, 0.3) is 145 Å². The Bertz CT molecular complexity index is 5730. The third kappa shape index (κ3) is 9.34. The summed E-state index contributed by atoms with van der Waals surface area (Å²) in [5.41, 5.74) is 32.0. The molecule has 0 spiro atoms. The van der Waals surface area contributed by atoms with Crippen LogP contribution in [0.3, 0.4) is 0 Å². The molecular weight excluding hydrogens is 1240 g/mol. The van der Waals surface area contributed by atoms with Gasteiger partial charge < -0.3 is 8.83 Å². The van der Waals surface area contributed by atoms with Gasteiger partial charge >= 0.3 is 0 Å². The van der Waals surface area contributed by atoms with Crippen molar-refractivity contribution in [1.82, 2.24) is 19.9 Å². The second-order valence-electron chi connectivity index (χ2n) is 26.7. The summed E-state index contributed by atoms with van der Waals surface area (Å²) in [5.74, 6) is 1.19. The van der Waals surface area contributed by atoms with Crippen molar-refractivity contribution in [3.8, 4) is 112 Å². The van der Waals surface area contributed by atoms with E-state index in [9.17, 15) is 0 Å². The van der Waals surface area contributed by atoms with E-state index < -0.39 is 10.8 Å². The summed E-state index contributed by atoms with van der Waals surface area (Å²) >= 11 is 0. The summed E-state index contributed by atoms with van der Waals surface area (Å²) < 4.78 is 12.3. The molecule has 0 aliphatic heterocycles. The number of nitrogens with zero attached hydrogens (tertiary/aromatic N) is 4. The van der Waals surface area contributed by atoms with Crippen LogP contribution in [-0.4, -0.2) is 19.9 Å². The van der Waals surface area contributed by atoms with Gasteiger partial charge in [-0.1, -0.05) is 291 Å². The molecule has 102 heavy (non-hydrogen) atoms. The Hall–Kier alpha value is -13.4. The van der Waals surface area contributed by atoms with Crippen LogP contribution >= 0.6 is 0 Å². The lowest BCUT2D eigenvalue weighted by atomic mass is 9.67. The van der Waals surface area contributed by atoms with E-state index in [0.29, 0.717) is 11.8 Å². The molecule has 15 aromatic carbocycles. The SMILES string of the molecule is c1ccc(C2(c3ccccc3)c3ccccc3-c3ccc(-c4cc5nc(-c6ccc(-c7ccc(-c8nc9ccccc9o8)cc7)cc6)c(-c6ccc(-c7ccc(-c8nc9ccccc9o8)cc7)cc6)nc5cc4-c4ccc5c(c4)C(c4ccccc4)(c4ccccc4)c4ccccc4-5)cc32)cc1. The van der Waals surface area contributed by atoms with Crippen molar-refractivity contribution in [3.63, 3.8) is 0 Å². The van der Waals surface area contributed by atoms with E-state index in [0.717, 1.165) is 111 Å². The summed E-state index contributed by atoms with van der Waals surface area (Å²) in [5, 5.41) is 0. The maximum atomic E-state index is 6.17. The van der Waals surface area contributed by atoms with Gasteiger partial charge in [0.05, 0.1) is 33.3 Å². The molecule has 0 N–H and O–H groups in total. The molecule has 0 unspecified atom stereocenters. The minimum Gasteiger partial charge on any atom is -0.436 e. The summed E-state index contributed by atoms with van der Waals surface area (Å²) in [7, 11) is 0. The van der Waals surface area contributed by atoms with Gasteiger partial charge in [-0.15, -0.1) is 0 Å². The molecule has 0 saturated carbocycles. The first-order chi connectivity index (χ1) is 50.5. The molecule has 0 saturated heterocycles. The maximum Gasteiger partial charge on any atom is 0.227 e. The zero-order chi connectivity index (χ0) is 67.3. The average Bonchev–Trinajstić information content (AvgIpc) is 1.53. The van der Waals surface area contributed by atoms with E-state index in [1.54, 1.807) is 0 Å². The van der Waals surface area contributed by atoms with Gasteiger partial charge in [-0.2, -0.15) is 0 Å². The summed E-state index contributed by atoms with van der Waals surface area (Å²) in [6.07, 6.45) is 0. The summed E-state index contributed by atoms with van der Waals surface area (Å²) in [4.78, 5) is 21.3. The number of hydrogen-bond acceptors (Lipinski definition) is 6. The molecule has 3 aromatic heterocycles. The van der Waals surface area contributed by atoms with Gasteiger partial charge in [0.2, 0.25) is 11.8 Å². The first-order valence-corrected chi connectivity index (χ1v) is 34.7. The van der Waals surface area contributed by atoms with E-state index in [1.165, 1.54) is 66.8 Å². The maximum absolute atomic E-state index is 6.17. The van der Waals surface area contributed by atoms with Crippen LogP contribution in [0.5, 0.6) is 0 Å². The Balaban J connectivity index is 0.791. The van der Waals surface area contributed by atoms with Gasteiger partial charge in [-0.25, -0.2) is 19.9 Å². The third-order valence-corrected chi connectivity index (χ3v) is 21.2. The van der Waals surface area contributed by atoms with Crippen molar-refractivity contribution in [3.05, 3.63) is 408 Å². The van der Waals surface area contributed by atoms with Crippen LogP contribution in [0.4, 0.5) is 0 Å². The van der Waals surface area contributed by atoms with Gasteiger partial charge in [-0.3, -0.25) is 0 Å². The zero-order valence-corrected chi connectivity index (χ0v) is 55.2. The van der Waals surface area contributed by atoms with Crippen molar-refractivity contribution in [2.45, 2.75) is 10.8 Å². The number of hydrogen-bond donors (Lipinski definition) is 0. The van der Waals surface area contributed by atoms with Crippen LogP contribution in [0.1, 0.15) is 44.5 Å². The van der Waals surface area contributed by atoms with Gasteiger partial charge in [-0.05, 0) is 184 Å². The van der Waals surface area contributed by atoms with Crippen LogP contribution in [-0.2, 0) is 10.8 Å². The van der Waals surface area contributed by atoms with Crippen LogP contribution < -0.4 is 0 Å². The van der Waals surface area contributed by atoms with Gasteiger partial charge in [0.15, 0.2) is 11.2 Å². The monoisotopic (exact) mass is 1300 g/mol. The first-order valence-electron chi connectivity index (χ1n) is 34.7. The predicted octanol–water partition coefficient (Wildman–Crippen LogP) is 24.0. The number of para-hydroxylation sites is 4. The van der Waals surface area contributed by atoms with Crippen LogP contribution in [0.15, 0.2) is 373 Å². The van der Waals surface area contributed by atoms with Crippen molar-refractivity contribution >= 4 is 33.2 Å². The van der Waals surface area contributed by atoms with Gasteiger partial charge in [0.1, 0.15) is 11.0 Å². The fourth-order valence-electron chi connectivity index (χ4n) is 16.4. The van der Waals surface area contributed by atoms with E-state index in [1.807, 2.05) is 48.5 Å². The fourth-order valence-corrected chi connectivity index (χ4v) is 16.4. The highest BCUT2D eigenvalue weighted by molar-refractivity contribution is 5.99. The average molecular weight is 1300 g/mol. The standard InChI is InChI=1S/C96H60N4O2/c1-5-21-71(22-6-1)95(72-23-7-2-8-24-72)81-31-15-13-29-75(81)77-55-53-69(57-83(77)95)79-59-87-88(60-80(79)70-54-56-78-76-30-14-16-32-82(76)96(84(78)58-70,73-25-9-3-10-26-73)74-27-11-4-12-28-74)98-92(66-47-39-62(40-48-66)64-43-51-68(52-44-64)94-100-86-34-18-20-36-90(86)102-94)91(97-87)65-45-37-61(38-46-65)63-41-49-67(50-42-63)93-99-85-33-17-19-35-89(85)101-93/h1-60H. The fraction of sp³-hybridized carbons (Fsp3) is 0.0208. The Morgan fingerprint density at radius 1 is 0.186 bits per heavy atom. The van der Waals surface area contributed by atoms with Gasteiger partial charge in [0.25, 0.3) is 0 Å². The van der Waals surface area contributed by atoms with Crippen molar-refractivity contribution in [2.75, 3.05) is 0 Å². The molecule has 6 heteroatoms. The molecule has 0 radical (unpaired) electrons. The minimum atomic E-state index is -0.625. The molecule has 0 fully saturated rings.